The highest BCUT2D eigenvalue weighted by Gasteiger charge is 2.43. The Morgan fingerprint density at radius 2 is 2.06 bits per heavy atom. The van der Waals surface area contributed by atoms with E-state index in [1.54, 1.807) is 0 Å². The van der Waals surface area contributed by atoms with Crippen molar-refractivity contribution in [1.82, 2.24) is 0 Å². The lowest BCUT2D eigenvalue weighted by Gasteiger charge is -2.11. The molecule has 0 aromatic carbocycles. The van der Waals surface area contributed by atoms with E-state index < -0.39 is 0 Å². The number of hydrogen-bond acceptors (Lipinski definition) is 4. The first kappa shape index (κ1) is 13.8. The summed E-state index contributed by atoms with van der Waals surface area (Å²) in [4.78, 5) is 11.4. The van der Waals surface area contributed by atoms with Gasteiger partial charge in [0.05, 0.1) is 13.0 Å². The quantitative estimate of drug-likeness (QED) is 0.405. The molecule has 0 spiro atoms. The van der Waals surface area contributed by atoms with Crippen LogP contribution in [-0.4, -0.2) is 31.5 Å². The molecule has 4 heteroatoms. The van der Waals surface area contributed by atoms with Crippen LogP contribution in [0, 0.1) is 11.3 Å². The number of thiol groups is 1. The van der Waals surface area contributed by atoms with E-state index in [9.17, 15) is 4.79 Å². The van der Waals surface area contributed by atoms with Crippen LogP contribution in [0.15, 0.2) is 0 Å². The van der Waals surface area contributed by atoms with Crippen molar-refractivity contribution in [3.63, 3.8) is 0 Å². The molecule has 0 N–H and O–H groups in total. The van der Waals surface area contributed by atoms with Crippen LogP contribution in [0.1, 0.15) is 33.1 Å². The van der Waals surface area contributed by atoms with Gasteiger partial charge < -0.3 is 9.47 Å². The Bertz CT molecular complexity index is 224. The van der Waals surface area contributed by atoms with Gasteiger partial charge in [-0.05, 0) is 29.9 Å². The van der Waals surface area contributed by atoms with Crippen LogP contribution in [0.4, 0.5) is 0 Å². The number of carbonyl (C=O) groups excluding carboxylic acids is 1. The van der Waals surface area contributed by atoms with Gasteiger partial charge in [-0.25, -0.2) is 0 Å². The second-order valence-electron chi connectivity index (χ2n) is 5.02. The molecule has 0 saturated heterocycles. The van der Waals surface area contributed by atoms with Crippen LogP contribution in [0.2, 0.25) is 0 Å². The van der Waals surface area contributed by atoms with Crippen molar-refractivity contribution in [3.05, 3.63) is 0 Å². The van der Waals surface area contributed by atoms with Gasteiger partial charge in [0.25, 0.3) is 0 Å². The van der Waals surface area contributed by atoms with Gasteiger partial charge in [0.2, 0.25) is 0 Å². The minimum absolute atomic E-state index is 0.111. The van der Waals surface area contributed by atoms with Crippen LogP contribution in [0.5, 0.6) is 0 Å². The van der Waals surface area contributed by atoms with E-state index in [1.165, 1.54) is 0 Å². The zero-order valence-electron chi connectivity index (χ0n) is 10.2. The van der Waals surface area contributed by atoms with Crippen molar-refractivity contribution in [2.24, 2.45) is 11.3 Å². The van der Waals surface area contributed by atoms with E-state index in [2.05, 4.69) is 26.5 Å². The van der Waals surface area contributed by atoms with Crippen LogP contribution < -0.4 is 0 Å². The van der Waals surface area contributed by atoms with E-state index in [1.807, 2.05) is 0 Å². The van der Waals surface area contributed by atoms with Gasteiger partial charge in [-0.2, -0.15) is 12.6 Å². The molecule has 0 amide bonds. The first-order valence-corrected chi connectivity index (χ1v) is 6.55. The molecule has 0 bridgehead atoms. The third kappa shape index (κ3) is 5.21. The fourth-order valence-electron chi connectivity index (χ4n) is 1.46. The molecule has 0 radical (unpaired) electrons. The number of carbonyl (C=O) groups is 1. The van der Waals surface area contributed by atoms with Gasteiger partial charge in [0.1, 0.15) is 6.61 Å². The summed E-state index contributed by atoms with van der Waals surface area (Å²) in [5, 5.41) is 0. The highest BCUT2D eigenvalue weighted by Crippen LogP contribution is 2.49. The van der Waals surface area contributed by atoms with Gasteiger partial charge >= 0.3 is 5.97 Å². The average Bonchev–Trinajstić information content (AvgIpc) is 2.97. The van der Waals surface area contributed by atoms with Crippen molar-refractivity contribution < 1.29 is 14.3 Å². The fourth-order valence-corrected chi connectivity index (χ4v) is 1.89. The summed E-state index contributed by atoms with van der Waals surface area (Å²) in [7, 11) is 0. The maximum absolute atomic E-state index is 11.4. The Kier molecular flexibility index (Phi) is 5.62. The third-order valence-corrected chi connectivity index (χ3v) is 3.42. The molecular weight excluding hydrogens is 224 g/mol. The molecule has 1 rings (SSSR count). The molecule has 0 heterocycles. The van der Waals surface area contributed by atoms with Crippen LogP contribution in [0.3, 0.4) is 0 Å². The topological polar surface area (TPSA) is 35.5 Å². The first-order valence-electron chi connectivity index (χ1n) is 5.92. The third-order valence-electron chi connectivity index (χ3n) is 2.75. The smallest absolute Gasteiger partial charge is 0.306 e. The van der Waals surface area contributed by atoms with Gasteiger partial charge in [-0.15, -0.1) is 0 Å². The largest absolute Gasteiger partial charge is 0.463 e. The predicted octanol–water partition coefficient (Wildman–Crippen LogP) is 2.30. The summed E-state index contributed by atoms with van der Waals surface area (Å²) in [5.41, 5.74) is 0.152. The van der Waals surface area contributed by atoms with Gasteiger partial charge in [-0.1, -0.05) is 13.8 Å². The average molecular weight is 246 g/mol. The zero-order valence-corrected chi connectivity index (χ0v) is 11.1. The van der Waals surface area contributed by atoms with E-state index in [0.29, 0.717) is 25.6 Å². The Balaban J connectivity index is 1.98. The molecule has 0 aliphatic heterocycles. The summed E-state index contributed by atoms with van der Waals surface area (Å²) < 4.78 is 10.4. The van der Waals surface area contributed by atoms with E-state index >= 15 is 0 Å². The second-order valence-corrected chi connectivity index (χ2v) is 5.34. The Morgan fingerprint density at radius 1 is 1.38 bits per heavy atom. The van der Waals surface area contributed by atoms with Crippen molar-refractivity contribution >= 4 is 18.6 Å². The summed E-state index contributed by atoms with van der Waals surface area (Å²) in [6.07, 6.45) is 2.73. The fraction of sp³-hybridized carbons (Fsp3) is 0.917. The molecule has 0 aromatic rings. The Morgan fingerprint density at radius 3 is 2.56 bits per heavy atom. The highest BCUT2D eigenvalue weighted by atomic mass is 32.1. The van der Waals surface area contributed by atoms with Crippen molar-refractivity contribution in [2.45, 2.75) is 33.1 Å². The molecule has 1 aliphatic carbocycles. The van der Waals surface area contributed by atoms with Gasteiger partial charge in [0.15, 0.2) is 0 Å². The zero-order chi connectivity index (χ0) is 12.0. The molecule has 1 saturated carbocycles. The first-order chi connectivity index (χ1) is 7.58. The summed E-state index contributed by atoms with van der Waals surface area (Å²) in [6, 6.07) is 0. The molecule has 16 heavy (non-hydrogen) atoms. The lowest BCUT2D eigenvalue weighted by atomic mass is 10.1. The number of rotatable bonds is 8. The number of ether oxygens (including phenoxy) is 2. The van der Waals surface area contributed by atoms with Crippen LogP contribution >= 0.6 is 12.6 Å². The predicted molar refractivity (Wildman–Crippen MR) is 66.8 cm³/mol. The summed E-state index contributed by atoms with van der Waals surface area (Å²) >= 11 is 4.25. The molecular formula is C12H22O3S. The minimum atomic E-state index is -0.111. The number of esters is 1. The Labute approximate surface area is 103 Å². The standard InChI is InChI=1S/C12H22O3S/c1-10(2)8-14-5-6-15-11(13)7-12(9-16)3-4-12/h10,16H,3-9H2,1-2H3. The molecule has 3 nitrogen and oxygen atoms in total. The van der Waals surface area contributed by atoms with Crippen molar-refractivity contribution in [2.75, 3.05) is 25.6 Å². The van der Waals surface area contributed by atoms with E-state index in [0.717, 1.165) is 25.2 Å². The molecule has 0 unspecified atom stereocenters. The van der Waals surface area contributed by atoms with Gasteiger partial charge in [0, 0.05) is 6.61 Å². The maximum atomic E-state index is 11.4. The van der Waals surface area contributed by atoms with Crippen molar-refractivity contribution in [1.29, 1.82) is 0 Å². The molecule has 0 aromatic heterocycles. The van der Waals surface area contributed by atoms with E-state index in [-0.39, 0.29) is 11.4 Å². The Hall–Kier alpha value is -0.220. The molecule has 1 aliphatic rings. The second kappa shape index (κ2) is 6.50. The normalized spacial score (nSPS) is 17.5. The van der Waals surface area contributed by atoms with Crippen molar-refractivity contribution in [3.8, 4) is 0 Å². The lowest BCUT2D eigenvalue weighted by molar-refractivity contribution is -0.146. The maximum Gasteiger partial charge on any atom is 0.306 e. The number of hydrogen-bond donors (Lipinski definition) is 1. The lowest BCUT2D eigenvalue weighted by Crippen LogP contribution is -2.16. The highest BCUT2D eigenvalue weighted by molar-refractivity contribution is 7.80. The van der Waals surface area contributed by atoms with Crippen LogP contribution in [-0.2, 0) is 14.3 Å². The van der Waals surface area contributed by atoms with Gasteiger partial charge in [-0.3, -0.25) is 4.79 Å². The monoisotopic (exact) mass is 246 g/mol. The summed E-state index contributed by atoms with van der Waals surface area (Å²) in [5.74, 6) is 1.20. The minimum Gasteiger partial charge on any atom is -0.463 e. The molecule has 94 valence electrons. The SMILES string of the molecule is CC(C)COCCOC(=O)CC1(CS)CC1. The molecule has 1 fully saturated rings. The van der Waals surface area contributed by atoms with E-state index in [4.69, 9.17) is 9.47 Å². The molecule has 0 atom stereocenters. The summed E-state index contributed by atoms with van der Waals surface area (Å²) in [6.45, 7) is 5.77. The van der Waals surface area contributed by atoms with Crippen LogP contribution in [0.25, 0.3) is 0 Å².